The Bertz CT molecular complexity index is 1170. The van der Waals surface area contributed by atoms with Crippen LogP contribution in [-0.2, 0) is 11.2 Å². The van der Waals surface area contributed by atoms with Crippen LogP contribution in [0.1, 0.15) is 42.2 Å². The molecule has 0 fully saturated rings. The van der Waals surface area contributed by atoms with E-state index in [2.05, 4.69) is 5.32 Å². The van der Waals surface area contributed by atoms with Crippen LogP contribution in [0.5, 0.6) is 0 Å². The molecule has 3 aromatic rings. The molecule has 6 nitrogen and oxygen atoms in total. The van der Waals surface area contributed by atoms with Gasteiger partial charge in [0.1, 0.15) is 0 Å². The van der Waals surface area contributed by atoms with Gasteiger partial charge in [0, 0.05) is 29.0 Å². The third-order valence-corrected chi connectivity index (χ3v) is 5.41. The highest BCUT2D eigenvalue weighted by molar-refractivity contribution is 6.09. The third-order valence-electron chi connectivity index (χ3n) is 5.41. The van der Waals surface area contributed by atoms with Gasteiger partial charge in [-0.25, -0.2) is 4.79 Å². The standard InChI is InChI=1S/C25H22N2O4/c1-16-8-9-19(15-21(16)26-23(28)17-6-4-3-5-7-17)24(29)27-13-12-18-14-20(25(30)31-2)10-11-22(18)27/h3-11,14-15H,12-13H2,1-2H3,(H,26,28). The molecule has 0 spiro atoms. The molecule has 1 aliphatic heterocycles. The maximum Gasteiger partial charge on any atom is 0.337 e. The maximum atomic E-state index is 13.2. The number of anilines is 2. The van der Waals surface area contributed by atoms with Crippen molar-refractivity contribution >= 4 is 29.2 Å². The van der Waals surface area contributed by atoms with Crippen molar-refractivity contribution in [3.05, 3.63) is 94.5 Å². The molecule has 6 heteroatoms. The zero-order valence-corrected chi connectivity index (χ0v) is 17.3. The Kier molecular flexibility index (Phi) is 5.54. The highest BCUT2D eigenvalue weighted by atomic mass is 16.5. The van der Waals surface area contributed by atoms with Crippen molar-refractivity contribution in [2.45, 2.75) is 13.3 Å². The second-order valence-corrected chi connectivity index (χ2v) is 7.39. The van der Waals surface area contributed by atoms with Crippen LogP contribution in [0.2, 0.25) is 0 Å². The number of hydrogen-bond acceptors (Lipinski definition) is 4. The molecule has 0 radical (unpaired) electrons. The van der Waals surface area contributed by atoms with E-state index in [1.54, 1.807) is 59.5 Å². The fraction of sp³-hybridized carbons (Fsp3) is 0.160. The molecule has 3 aromatic carbocycles. The lowest BCUT2D eigenvalue weighted by atomic mass is 10.1. The number of carbonyl (C=O) groups excluding carboxylic acids is 3. The van der Waals surface area contributed by atoms with Gasteiger partial charge < -0.3 is 15.0 Å². The van der Waals surface area contributed by atoms with Crippen molar-refractivity contribution < 1.29 is 19.1 Å². The van der Waals surface area contributed by atoms with E-state index in [0.29, 0.717) is 35.3 Å². The van der Waals surface area contributed by atoms with Crippen molar-refractivity contribution in [1.82, 2.24) is 0 Å². The van der Waals surface area contributed by atoms with Crippen LogP contribution in [-0.4, -0.2) is 31.4 Å². The fourth-order valence-electron chi connectivity index (χ4n) is 3.69. The summed E-state index contributed by atoms with van der Waals surface area (Å²) in [6.07, 6.45) is 0.662. The van der Waals surface area contributed by atoms with E-state index in [4.69, 9.17) is 4.74 Å². The summed E-state index contributed by atoms with van der Waals surface area (Å²) in [7, 11) is 1.34. The van der Waals surface area contributed by atoms with Crippen LogP contribution in [0.3, 0.4) is 0 Å². The van der Waals surface area contributed by atoms with Crippen LogP contribution in [0.15, 0.2) is 66.7 Å². The number of ether oxygens (including phenoxy) is 1. The van der Waals surface area contributed by atoms with Gasteiger partial charge in [-0.05, 0) is 66.9 Å². The van der Waals surface area contributed by atoms with Gasteiger partial charge in [-0.3, -0.25) is 9.59 Å². The molecule has 0 saturated carbocycles. The molecule has 0 saturated heterocycles. The zero-order valence-electron chi connectivity index (χ0n) is 17.3. The van der Waals surface area contributed by atoms with Gasteiger partial charge in [-0.1, -0.05) is 24.3 Å². The smallest absolute Gasteiger partial charge is 0.337 e. The van der Waals surface area contributed by atoms with E-state index >= 15 is 0 Å². The molecular weight excluding hydrogens is 392 g/mol. The molecule has 0 unspecified atom stereocenters. The van der Waals surface area contributed by atoms with Crippen LogP contribution >= 0.6 is 0 Å². The van der Waals surface area contributed by atoms with E-state index in [-0.39, 0.29) is 11.8 Å². The Morgan fingerprint density at radius 2 is 1.65 bits per heavy atom. The number of esters is 1. The first-order valence-electron chi connectivity index (χ1n) is 9.98. The SMILES string of the molecule is COC(=O)c1ccc2c(c1)CCN2C(=O)c1ccc(C)c(NC(=O)c2ccccc2)c1. The Morgan fingerprint density at radius 3 is 2.39 bits per heavy atom. The molecule has 0 aliphatic carbocycles. The molecule has 4 rings (SSSR count). The molecule has 156 valence electrons. The number of rotatable bonds is 4. The monoisotopic (exact) mass is 414 g/mol. The third kappa shape index (κ3) is 4.05. The Labute approximate surface area is 180 Å². The number of carbonyl (C=O) groups is 3. The topological polar surface area (TPSA) is 75.7 Å². The van der Waals surface area contributed by atoms with Crippen LogP contribution in [0.4, 0.5) is 11.4 Å². The fourth-order valence-corrected chi connectivity index (χ4v) is 3.69. The summed E-state index contributed by atoms with van der Waals surface area (Å²) in [6.45, 7) is 2.41. The van der Waals surface area contributed by atoms with Gasteiger partial charge in [0.2, 0.25) is 0 Å². The van der Waals surface area contributed by atoms with Gasteiger partial charge in [0.25, 0.3) is 11.8 Å². The Morgan fingerprint density at radius 1 is 0.903 bits per heavy atom. The first-order chi connectivity index (χ1) is 15.0. The predicted octanol–water partition coefficient (Wildman–Crippen LogP) is 4.24. The number of methoxy groups -OCH3 is 1. The number of benzene rings is 3. The zero-order chi connectivity index (χ0) is 22.0. The van der Waals surface area contributed by atoms with Crippen LogP contribution in [0.25, 0.3) is 0 Å². The lowest BCUT2D eigenvalue weighted by molar-refractivity contribution is 0.0600. The average molecular weight is 414 g/mol. The summed E-state index contributed by atoms with van der Waals surface area (Å²) in [5.41, 5.74) is 4.68. The first kappa shape index (κ1) is 20.3. The number of aryl methyl sites for hydroxylation is 1. The number of fused-ring (bicyclic) bond motifs is 1. The van der Waals surface area contributed by atoms with Crippen molar-refractivity contribution in [3.8, 4) is 0 Å². The van der Waals surface area contributed by atoms with E-state index < -0.39 is 5.97 Å². The van der Waals surface area contributed by atoms with Gasteiger partial charge >= 0.3 is 5.97 Å². The first-order valence-corrected chi connectivity index (χ1v) is 9.98. The molecular formula is C25H22N2O4. The van der Waals surface area contributed by atoms with Gasteiger partial charge in [0.15, 0.2) is 0 Å². The van der Waals surface area contributed by atoms with Gasteiger partial charge in [-0.15, -0.1) is 0 Å². The summed E-state index contributed by atoms with van der Waals surface area (Å²) in [5, 5.41) is 2.90. The minimum Gasteiger partial charge on any atom is -0.465 e. The molecule has 31 heavy (non-hydrogen) atoms. The minimum absolute atomic E-state index is 0.153. The summed E-state index contributed by atoms with van der Waals surface area (Å²) >= 11 is 0. The van der Waals surface area contributed by atoms with Gasteiger partial charge in [-0.2, -0.15) is 0 Å². The summed E-state index contributed by atoms with van der Waals surface area (Å²) < 4.78 is 4.77. The van der Waals surface area contributed by atoms with E-state index in [1.807, 2.05) is 19.1 Å². The summed E-state index contributed by atoms with van der Waals surface area (Å²) in [5.74, 6) is -0.778. The molecule has 2 amide bonds. The number of hydrogen-bond donors (Lipinski definition) is 1. The Hall–Kier alpha value is -3.93. The maximum absolute atomic E-state index is 13.2. The molecule has 0 atom stereocenters. The lowest BCUT2D eigenvalue weighted by Crippen LogP contribution is -2.29. The largest absolute Gasteiger partial charge is 0.465 e. The molecule has 1 aliphatic rings. The highest BCUT2D eigenvalue weighted by Gasteiger charge is 2.27. The van der Waals surface area contributed by atoms with Crippen molar-refractivity contribution in [2.75, 3.05) is 23.9 Å². The number of nitrogens with zero attached hydrogens (tertiary/aromatic N) is 1. The van der Waals surface area contributed by atoms with Crippen molar-refractivity contribution in [1.29, 1.82) is 0 Å². The van der Waals surface area contributed by atoms with Crippen LogP contribution < -0.4 is 10.2 Å². The van der Waals surface area contributed by atoms with Gasteiger partial charge in [0.05, 0.1) is 12.7 Å². The lowest BCUT2D eigenvalue weighted by Gasteiger charge is -2.19. The van der Waals surface area contributed by atoms with Crippen molar-refractivity contribution in [2.24, 2.45) is 0 Å². The summed E-state index contributed by atoms with van der Waals surface area (Å²) in [4.78, 5) is 39.2. The van der Waals surface area contributed by atoms with Crippen molar-refractivity contribution in [3.63, 3.8) is 0 Å². The van der Waals surface area contributed by atoms with E-state index in [9.17, 15) is 14.4 Å². The summed E-state index contributed by atoms with van der Waals surface area (Å²) in [6, 6.07) is 19.4. The molecule has 0 bridgehead atoms. The molecule has 0 aromatic heterocycles. The average Bonchev–Trinajstić information content (AvgIpc) is 3.23. The molecule has 1 heterocycles. The van der Waals surface area contributed by atoms with E-state index in [0.717, 1.165) is 16.8 Å². The number of amides is 2. The second-order valence-electron chi connectivity index (χ2n) is 7.39. The minimum atomic E-state index is -0.398. The second kappa shape index (κ2) is 8.44. The quantitative estimate of drug-likeness (QED) is 0.648. The highest BCUT2D eigenvalue weighted by Crippen LogP contribution is 2.31. The molecule has 1 N–H and O–H groups in total. The number of nitrogens with one attached hydrogen (secondary N) is 1. The normalized spacial score (nSPS) is 12.3. The predicted molar refractivity (Wildman–Crippen MR) is 119 cm³/mol. The van der Waals surface area contributed by atoms with Crippen LogP contribution in [0, 0.1) is 6.92 Å². The van der Waals surface area contributed by atoms with E-state index in [1.165, 1.54) is 7.11 Å². The Balaban J connectivity index is 1.57.